The van der Waals surface area contributed by atoms with Crippen molar-refractivity contribution in [3.63, 3.8) is 0 Å². The topological polar surface area (TPSA) is 218 Å². The van der Waals surface area contributed by atoms with E-state index in [1.165, 1.54) is 6.92 Å². The minimum absolute atomic E-state index is 0.125. The zero-order valence-electron chi connectivity index (χ0n) is 40.0. The largest absolute Gasteiger partial charge is 0.458 e. The van der Waals surface area contributed by atoms with Gasteiger partial charge in [0.05, 0.1) is 66.8 Å². The molecule has 3 saturated heterocycles. The highest BCUT2D eigenvalue weighted by Gasteiger charge is 2.60. The third-order valence-electron chi connectivity index (χ3n) is 14.7. The van der Waals surface area contributed by atoms with Gasteiger partial charge < -0.3 is 38.8 Å². The Kier molecular flexibility index (Phi) is 15.1. The molecule has 0 radical (unpaired) electrons. The fourth-order valence-electron chi connectivity index (χ4n) is 10.9. The second kappa shape index (κ2) is 20.3. The van der Waals surface area contributed by atoms with Gasteiger partial charge in [-0.05, 0) is 84.0 Å². The molecule has 4 aliphatic heterocycles. The van der Waals surface area contributed by atoms with Crippen LogP contribution in [0.15, 0.2) is 47.8 Å². The van der Waals surface area contributed by atoms with E-state index in [-0.39, 0.29) is 30.6 Å². The number of carbonyl (C=O) groups is 3. The van der Waals surface area contributed by atoms with Crippen LogP contribution < -0.4 is 0 Å². The summed E-state index contributed by atoms with van der Waals surface area (Å²) >= 11 is 0. The van der Waals surface area contributed by atoms with E-state index in [0.717, 1.165) is 22.7 Å². The van der Waals surface area contributed by atoms with E-state index in [9.17, 15) is 24.6 Å². The monoisotopic (exact) mass is 920 g/mol. The van der Waals surface area contributed by atoms with E-state index in [2.05, 4.69) is 32.4 Å². The van der Waals surface area contributed by atoms with Crippen molar-refractivity contribution in [2.24, 2.45) is 28.7 Å². The van der Waals surface area contributed by atoms with Crippen LogP contribution in [0.5, 0.6) is 0 Å². The molecular formula is C47H69N9O10. The molecule has 2 aromatic heterocycles. The lowest BCUT2D eigenvalue weighted by Gasteiger charge is -2.47. The molecule has 1 aromatic carbocycles. The van der Waals surface area contributed by atoms with Gasteiger partial charge in [-0.15, -0.1) is 10.2 Å². The van der Waals surface area contributed by atoms with Crippen molar-refractivity contribution in [3.8, 4) is 5.69 Å². The number of likely N-dealkylation sites (N-methyl/N-ethyl adjacent to an activating group) is 1. The van der Waals surface area contributed by atoms with Gasteiger partial charge in [-0.2, -0.15) is 0 Å². The SMILES string of the molecule is CC[C@H]1OC(=O)[C@H](C)C(=O)[C@H](C)[C@@H](O[C@@H]2O[C@H](C)C[C@H](N(C)CCc3cn([C@H](CO)Cc4ccc(-n5ccnn5)cc4)nn3)[C@H]2O)[C@](C)(OC)C[C@@H](C)C2=NCCN3C(=O)O[C@@]1(C)[C@@H]3[C@H]2C. The van der Waals surface area contributed by atoms with Crippen LogP contribution in [0.3, 0.4) is 0 Å². The number of amides is 1. The summed E-state index contributed by atoms with van der Waals surface area (Å²) in [5.41, 5.74) is 1.16. The number of methoxy groups -OCH3 is 1. The third kappa shape index (κ3) is 9.83. The van der Waals surface area contributed by atoms with E-state index in [0.29, 0.717) is 51.7 Å². The van der Waals surface area contributed by atoms with Crippen molar-refractivity contribution in [3.05, 3.63) is 54.1 Å². The first-order valence-electron chi connectivity index (χ1n) is 23.4. The van der Waals surface area contributed by atoms with Gasteiger partial charge in [0.25, 0.3) is 0 Å². The molecule has 0 spiro atoms. The Morgan fingerprint density at radius 3 is 2.45 bits per heavy atom. The van der Waals surface area contributed by atoms with Gasteiger partial charge in [0.1, 0.15) is 18.1 Å². The van der Waals surface area contributed by atoms with Crippen LogP contribution in [0.4, 0.5) is 4.79 Å². The highest BCUT2D eigenvalue weighted by molar-refractivity contribution is 6.00. The summed E-state index contributed by atoms with van der Waals surface area (Å²) < 4.78 is 35.2. The Morgan fingerprint density at radius 2 is 1.79 bits per heavy atom. The summed E-state index contributed by atoms with van der Waals surface area (Å²) in [5.74, 6) is -3.74. The Morgan fingerprint density at radius 1 is 1.05 bits per heavy atom. The van der Waals surface area contributed by atoms with E-state index < -0.39 is 77.6 Å². The van der Waals surface area contributed by atoms with Gasteiger partial charge in [0.2, 0.25) is 0 Å². The molecule has 0 aliphatic carbocycles. The summed E-state index contributed by atoms with van der Waals surface area (Å²) in [6, 6.07) is 6.68. The molecule has 7 rings (SSSR count). The second-order valence-corrected chi connectivity index (χ2v) is 19.3. The lowest BCUT2D eigenvalue weighted by molar-refractivity contribution is -0.295. The molecule has 19 nitrogen and oxygen atoms in total. The predicted molar refractivity (Wildman–Crippen MR) is 241 cm³/mol. The number of aliphatic hydroxyl groups excluding tert-OH is 2. The highest BCUT2D eigenvalue weighted by atomic mass is 16.7. The molecule has 4 aliphatic rings. The standard InChI is InChI=1S/C47H69N9O10/c1-11-37-47(8)41-29(4)38(48-17-20-54(41)45(61)66-47)27(2)24-46(7,62-10)42(30(5)39(58)31(6)43(60)64-37)65-44-40(59)36(22-28(3)63-44)53(9)19-16-33-25-56(52-50-33)35(26-57)23-32-12-14-34(15-13-32)55-21-18-49-51-55/h12-15,18,21,25,27-31,35-37,40-42,44,57,59H,11,16-17,19-20,22-24,26H2,1-10H3/t27-,28-,29+,30+,31-,35+,36+,37-,40-,41+,42-,44+,46-,47-/m1/s1. The average Bonchev–Trinajstić information content (AvgIpc) is 4.04. The van der Waals surface area contributed by atoms with Crippen LogP contribution >= 0.6 is 0 Å². The number of cyclic esters (lactones) is 1. The summed E-state index contributed by atoms with van der Waals surface area (Å²) in [7, 11) is 3.50. The quantitative estimate of drug-likeness (QED) is 0.185. The number of nitrogens with zero attached hydrogens (tertiary/aromatic N) is 9. The highest BCUT2D eigenvalue weighted by Crippen LogP contribution is 2.44. The van der Waals surface area contributed by atoms with Crippen molar-refractivity contribution in [1.29, 1.82) is 0 Å². The van der Waals surface area contributed by atoms with Crippen LogP contribution in [0.2, 0.25) is 0 Å². The van der Waals surface area contributed by atoms with E-state index >= 15 is 0 Å². The number of esters is 1. The number of fused-ring (bicyclic) bond motifs is 1. The molecular weight excluding hydrogens is 851 g/mol. The number of hydrogen-bond acceptors (Lipinski definition) is 16. The Labute approximate surface area is 387 Å². The first kappa shape index (κ1) is 49.3. The maximum Gasteiger partial charge on any atom is 0.410 e. The minimum Gasteiger partial charge on any atom is -0.458 e. The first-order chi connectivity index (χ1) is 31.4. The number of aliphatic imine (C=N–C) groups is 1. The van der Waals surface area contributed by atoms with Crippen molar-refractivity contribution in [1.82, 2.24) is 39.8 Å². The smallest absolute Gasteiger partial charge is 0.410 e. The molecule has 1 amide bonds. The fourth-order valence-corrected chi connectivity index (χ4v) is 10.9. The number of rotatable bonds is 13. The lowest BCUT2D eigenvalue weighted by atomic mass is 9.73. The maximum atomic E-state index is 14.5. The number of ether oxygens (including phenoxy) is 5. The minimum atomic E-state index is -1.19. The van der Waals surface area contributed by atoms with Crippen molar-refractivity contribution in [2.75, 3.05) is 40.4 Å². The molecule has 3 aromatic rings. The van der Waals surface area contributed by atoms with Crippen LogP contribution in [0.1, 0.15) is 92.0 Å². The summed E-state index contributed by atoms with van der Waals surface area (Å²) in [4.78, 5) is 50.7. The maximum absolute atomic E-state index is 14.5. The van der Waals surface area contributed by atoms with Crippen LogP contribution in [0.25, 0.3) is 5.69 Å². The molecule has 19 heteroatoms. The van der Waals surface area contributed by atoms with E-state index in [1.807, 2.05) is 72.1 Å². The number of aromatic nitrogens is 6. The number of ketones is 1. The van der Waals surface area contributed by atoms with Gasteiger partial charge in [0.15, 0.2) is 17.7 Å². The molecule has 2 bridgehead atoms. The molecule has 0 saturated carbocycles. The van der Waals surface area contributed by atoms with Gasteiger partial charge in [-0.3, -0.25) is 19.5 Å². The number of Topliss-reactive ketones (excluding diaryl/α,β-unsaturated/α-hetero) is 1. The van der Waals surface area contributed by atoms with Crippen molar-refractivity contribution < 1.29 is 48.3 Å². The van der Waals surface area contributed by atoms with Crippen LogP contribution in [-0.2, 0) is 46.1 Å². The predicted octanol–water partition coefficient (Wildman–Crippen LogP) is 3.64. The van der Waals surface area contributed by atoms with Crippen molar-refractivity contribution in [2.45, 2.75) is 148 Å². The summed E-state index contributed by atoms with van der Waals surface area (Å²) in [6.45, 7) is 16.0. The Bertz CT molecular complexity index is 2170. The third-order valence-corrected chi connectivity index (χ3v) is 14.7. The Hall–Kier alpha value is -4.66. The molecule has 2 N–H and O–H groups in total. The normalized spacial score (nSPS) is 34.9. The van der Waals surface area contributed by atoms with Gasteiger partial charge in [-0.1, -0.05) is 50.3 Å². The second-order valence-electron chi connectivity index (χ2n) is 19.3. The van der Waals surface area contributed by atoms with Gasteiger partial charge in [-0.25, -0.2) is 14.2 Å². The van der Waals surface area contributed by atoms with Gasteiger partial charge in [0, 0.05) is 56.4 Å². The Balaban J connectivity index is 1.07. The first-order valence-corrected chi connectivity index (χ1v) is 23.4. The lowest BCUT2D eigenvalue weighted by Crippen LogP contribution is -2.60. The number of hydrogen-bond donors (Lipinski definition) is 2. The molecule has 0 unspecified atom stereocenters. The van der Waals surface area contributed by atoms with Crippen molar-refractivity contribution >= 4 is 23.6 Å². The fraction of sp³-hybridized carbons (Fsp3) is 0.702. The van der Waals surface area contributed by atoms with E-state index in [4.69, 9.17) is 28.7 Å². The van der Waals surface area contributed by atoms with Gasteiger partial charge >= 0.3 is 12.1 Å². The number of benzene rings is 1. The zero-order valence-corrected chi connectivity index (χ0v) is 40.0. The van der Waals surface area contributed by atoms with Crippen LogP contribution in [-0.4, -0.2) is 168 Å². The molecule has 6 heterocycles. The molecule has 3 fully saturated rings. The zero-order chi connectivity index (χ0) is 47.7. The van der Waals surface area contributed by atoms with E-state index in [1.54, 1.807) is 40.7 Å². The molecule has 14 atom stereocenters. The summed E-state index contributed by atoms with van der Waals surface area (Å²) in [6.07, 6.45) is 2.63. The molecule has 362 valence electrons. The molecule has 66 heavy (non-hydrogen) atoms. The van der Waals surface area contributed by atoms with Crippen LogP contribution in [0, 0.1) is 23.7 Å². The average molecular weight is 920 g/mol. The number of aliphatic hydroxyl groups is 2. The summed E-state index contributed by atoms with van der Waals surface area (Å²) in [5, 5.41) is 39.1. The number of carbonyl (C=O) groups excluding carboxylic acids is 3.